The topological polar surface area (TPSA) is 138 Å². The molecule has 0 bridgehead atoms. The van der Waals surface area contributed by atoms with E-state index < -0.39 is 16.9 Å². The van der Waals surface area contributed by atoms with Crippen LogP contribution in [0, 0.1) is 17.0 Å². The van der Waals surface area contributed by atoms with Crippen molar-refractivity contribution in [2.75, 3.05) is 24.9 Å². The Morgan fingerprint density at radius 3 is 2.67 bits per heavy atom. The highest BCUT2D eigenvalue weighted by Gasteiger charge is 2.35. The number of hydrogen-bond donors (Lipinski definition) is 2. The number of amides is 2. The highest BCUT2D eigenvalue weighted by Crippen LogP contribution is 2.39. The molecule has 1 aliphatic heterocycles. The van der Waals surface area contributed by atoms with E-state index in [1.54, 1.807) is 44.5 Å². The van der Waals surface area contributed by atoms with Gasteiger partial charge in [-0.15, -0.1) is 0 Å². The highest BCUT2D eigenvalue weighted by atomic mass is 16.6. The number of carbonyl (C=O) groups is 2. The highest BCUT2D eigenvalue weighted by molar-refractivity contribution is 6.04. The van der Waals surface area contributed by atoms with Gasteiger partial charge in [-0.05, 0) is 30.7 Å². The molecule has 3 aromatic rings. The van der Waals surface area contributed by atoms with Gasteiger partial charge in [-0.1, -0.05) is 12.1 Å². The molecule has 2 N–H and O–H groups in total. The number of nitrogens with zero attached hydrogens (tertiary/aromatic N) is 3. The monoisotopic (exact) mass is 451 g/mol. The number of ether oxygens (including phenoxy) is 2. The molecule has 11 heteroatoms. The third-order valence-corrected chi connectivity index (χ3v) is 5.40. The molecular weight excluding hydrogens is 430 g/mol. The lowest BCUT2D eigenvalue weighted by Crippen LogP contribution is -2.23. The van der Waals surface area contributed by atoms with Crippen LogP contribution in [-0.4, -0.2) is 40.7 Å². The number of methoxy groups -OCH3 is 2. The van der Waals surface area contributed by atoms with Crippen LogP contribution in [0.15, 0.2) is 42.6 Å². The van der Waals surface area contributed by atoms with E-state index >= 15 is 0 Å². The van der Waals surface area contributed by atoms with Crippen molar-refractivity contribution < 1.29 is 24.0 Å². The first kappa shape index (κ1) is 21.8. The molecule has 11 nitrogen and oxygen atoms in total. The minimum absolute atomic E-state index is 0.0969. The molecule has 0 radical (unpaired) electrons. The Balaban J connectivity index is 1.54. The maximum atomic E-state index is 12.6. The third kappa shape index (κ3) is 4.07. The molecule has 1 aliphatic rings. The number of rotatable bonds is 7. The van der Waals surface area contributed by atoms with Gasteiger partial charge in [0.05, 0.1) is 31.8 Å². The van der Waals surface area contributed by atoms with Crippen LogP contribution >= 0.6 is 0 Å². The zero-order valence-corrected chi connectivity index (χ0v) is 18.1. The number of nitro benzene ring substituents is 1. The van der Waals surface area contributed by atoms with Crippen LogP contribution in [0.25, 0.3) is 11.1 Å². The van der Waals surface area contributed by atoms with E-state index in [1.165, 1.54) is 17.9 Å². The molecule has 1 atom stereocenters. The first-order chi connectivity index (χ1) is 15.8. The summed E-state index contributed by atoms with van der Waals surface area (Å²) in [5.41, 5.74) is 2.09. The van der Waals surface area contributed by atoms with E-state index in [-0.39, 0.29) is 23.7 Å². The van der Waals surface area contributed by atoms with Crippen LogP contribution < -0.4 is 20.1 Å². The fraction of sp³-hybridized carbons (Fsp3) is 0.227. The number of nitrogens with one attached hydrogen (secondary N) is 2. The smallest absolute Gasteiger partial charge is 0.274 e. The SMILES string of the molecule is COc1ccc(-c2cnn3c2NC(=O)C3CC(=O)Nc2ccc(C)c([N+](=O)[O-])c2)cc1OC. The maximum absolute atomic E-state index is 12.6. The molecule has 0 aliphatic carbocycles. The van der Waals surface area contributed by atoms with Gasteiger partial charge >= 0.3 is 0 Å². The Hall–Kier alpha value is -4.41. The van der Waals surface area contributed by atoms with Crippen molar-refractivity contribution in [2.45, 2.75) is 19.4 Å². The Kier molecular flexibility index (Phi) is 5.69. The van der Waals surface area contributed by atoms with Gasteiger partial charge in [-0.25, -0.2) is 4.68 Å². The average molecular weight is 451 g/mol. The summed E-state index contributed by atoms with van der Waals surface area (Å²) in [6.45, 7) is 1.61. The molecule has 0 fully saturated rings. The predicted molar refractivity (Wildman–Crippen MR) is 120 cm³/mol. The summed E-state index contributed by atoms with van der Waals surface area (Å²) >= 11 is 0. The molecule has 0 saturated heterocycles. The molecule has 1 aromatic heterocycles. The van der Waals surface area contributed by atoms with Crippen LogP contribution in [0.4, 0.5) is 17.2 Å². The van der Waals surface area contributed by atoms with Crippen molar-refractivity contribution >= 4 is 29.0 Å². The number of aromatic nitrogens is 2. The third-order valence-electron chi connectivity index (χ3n) is 5.40. The number of benzene rings is 2. The van der Waals surface area contributed by atoms with Crippen molar-refractivity contribution in [3.05, 3.63) is 58.3 Å². The Bertz CT molecular complexity index is 1270. The number of hydrogen-bond acceptors (Lipinski definition) is 7. The summed E-state index contributed by atoms with van der Waals surface area (Å²) in [6, 6.07) is 8.90. The van der Waals surface area contributed by atoms with Gasteiger partial charge in [0.15, 0.2) is 11.5 Å². The van der Waals surface area contributed by atoms with E-state index in [1.807, 2.05) is 6.07 Å². The standard InChI is InChI=1S/C22H21N5O6/c1-12-4-6-14(9-16(12)27(30)31)24-20(28)10-17-22(29)25-21-15(11-23-26(17)21)13-5-7-18(32-2)19(8-13)33-3/h4-9,11,17H,10H2,1-3H3,(H,24,28)(H,25,29). The lowest BCUT2D eigenvalue weighted by Gasteiger charge is -2.10. The van der Waals surface area contributed by atoms with Gasteiger partial charge in [0.2, 0.25) is 5.91 Å². The largest absolute Gasteiger partial charge is 0.493 e. The van der Waals surface area contributed by atoms with E-state index in [0.717, 1.165) is 5.56 Å². The molecule has 170 valence electrons. The molecule has 0 saturated carbocycles. The first-order valence-corrected chi connectivity index (χ1v) is 9.98. The zero-order chi connectivity index (χ0) is 23.7. The Labute approximate surface area is 188 Å². The molecule has 2 aromatic carbocycles. The average Bonchev–Trinajstić information content (AvgIpc) is 3.33. The summed E-state index contributed by atoms with van der Waals surface area (Å²) in [5.74, 6) is 0.729. The minimum Gasteiger partial charge on any atom is -0.493 e. The lowest BCUT2D eigenvalue weighted by molar-refractivity contribution is -0.385. The molecule has 1 unspecified atom stereocenters. The number of fused-ring (bicyclic) bond motifs is 1. The van der Waals surface area contributed by atoms with Crippen LogP contribution in [0.2, 0.25) is 0 Å². The fourth-order valence-corrected chi connectivity index (χ4v) is 3.70. The van der Waals surface area contributed by atoms with Crippen molar-refractivity contribution in [1.29, 1.82) is 0 Å². The Morgan fingerprint density at radius 2 is 1.97 bits per heavy atom. The molecular formula is C22H21N5O6. The number of carbonyl (C=O) groups excluding carboxylic acids is 2. The fourth-order valence-electron chi connectivity index (χ4n) is 3.70. The Morgan fingerprint density at radius 1 is 1.21 bits per heavy atom. The molecule has 2 heterocycles. The number of aryl methyl sites for hydroxylation is 1. The van der Waals surface area contributed by atoms with Gasteiger partial charge in [-0.2, -0.15) is 5.10 Å². The van der Waals surface area contributed by atoms with Gasteiger partial charge in [0.25, 0.3) is 11.6 Å². The van der Waals surface area contributed by atoms with Crippen molar-refractivity contribution in [1.82, 2.24) is 9.78 Å². The van der Waals surface area contributed by atoms with E-state index in [2.05, 4.69) is 15.7 Å². The van der Waals surface area contributed by atoms with E-state index in [9.17, 15) is 19.7 Å². The van der Waals surface area contributed by atoms with E-state index in [4.69, 9.17) is 9.47 Å². The summed E-state index contributed by atoms with van der Waals surface area (Å²) in [5, 5.41) is 20.8. The summed E-state index contributed by atoms with van der Waals surface area (Å²) in [6.07, 6.45) is 1.41. The van der Waals surface area contributed by atoms with Crippen LogP contribution in [0.3, 0.4) is 0 Å². The van der Waals surface area contributed by atoms with Gasteiger partial charge in [0.1, 0.15) is 11.9 Å². The van der Waals surface area contributed by atoms with Crippen molar-refractivity contribution in [2.24, 2.45) is 0 Å². The molecule has 33 heavy (non-hydrogen) atoms. The van der Waals surface area contributed by atoms with Gasteiger partial charge in [0, 0.05) is 22.9 Å². The minimum atomic E-state index is -0.852. The van der Waals surface area contributed by atoms with Crippen LogP contribution in [0.1, 0.15) is 18.0 Å². The van der Waals surface area contributed by atoms with Gasteiger partial charge < -0.3 is 20.1 Å². The number of nitro groups is 1. The number of anilines is 2. The summed E-state index contributed by atoms with van der Waals surface area (Å²) in [4.78, 5) is 35.8. The summed E-state index contributed by atoms with van der Waals surface area (Å²) in [7, 11) is 3.07. The maximum Gasteiger partial charge on any atom is 0.274 e. The first-order valence-electron chi connectivity index (χ1n) is 9.98. The second-order valence-corrected chi connectivity index (χ2v) is 7.44. The quantitative estimate of drug-likeness (QED) is 0.415. The normalized spacial score (nSPS) is 14.4. The molecule has 0 spiro atoms. The van der Waals surface area contributed by atoms with Crippen LogP contribution in [0.5, 0.6) is 11.5 Å². The predicted octanol–water partition coefficient (Wildman–Crippen LogP) is 3.31. The van der Waals surface area contributed by atoms with E-state index in [0.29, 0.717) is 28.4 Å². The second kappa shape index (κ2) is 8.61. The second-order valence-electron chi connectivity index (χ2n) is 7.44. The molecule has 4 rings (SSSR count). The van der Waals surface area contributed by atoms with Crippen molar-refractivity contribution in [3.63, 3.8) is 0 Å². The van der Waals surface area contributed by atoms with Crippen LogP contribution in [-0.2, 0) is 9.59 Å². The summed E-state index contributed by atoms with van der Waals surface area (Å²) < 4.78 is 12.1. The zero-order valence-electron chi connectivity index (χ0n) is 18.1. The van der Waals surface area contributed by atoms with Crippen molar-refractivity contribution in [3.8, 4) is 22.6 Å². The molecule has 2 amide bonds. The lowest BCUT2D eigenvalue weighted by atomic mass is 10.1. The van der Waals surface area contributed by atoms with Gasteiger partial charge in [-0.3, -0.25) is 19.7 Å².